The maximum atomic E-state index is 6.24. The molecule has 2 unspecified atom stereocenters. The van der Waals surface area contributed by atoms with Gasteiger partial charge in [0.2, 0.25) is 0 Å². The maximum Gasteiger partial charge on any atom is 0.0347 e. The Kier molecular flexibility index (Phi) is 0.972. The molecule has 0 aliphatic heterocycles. The summed E-state index contributed by atoms with van der Waals surface area (Å²) in [6.07, 6.45) is 9.13. The van der Waals surface area contributed by atoms with Gasteiger partial charge in [0.15, 0.2) is 0 Å². The van der Waals surface area contributed by atoms with Gasteiger partial charge in [-0.25, -0.2) is 0 Å². The SMILES string of the molecule is NC12C=C3CC(CC(C3)C1)C2. The molecule has 60 valence electrons. The van der Waals surface area contributed by atoms with Crippen LogP contribution in [0.25, 0.3) is 0 Å². The van der Waals surface area contributed by atoms with Gasteiger partial charge >= 0.3 is 0 Å². The number of nitrogens with two attached hydrogens (primary N) is 1. The minimum atomic E-state index is 0.138. The highest BCUT2D eigenvalue weighted by atomic mass is 14.8. The molecule has 0 aromatic rings. The lowest BCUT2D eigenvalue weighted by Gasteiger charge is -2.50. The largest absolute Gasteiger partial charge is 0.322 e. The molecule has 1 nitrogen and oxygen atoms in total. The van der Waals surface area contributed by atoms with Gasteiger partial charge in [-0.1, -0.05) is 11.6 Å². The first-order chi connectivity index (χ1) is 5.23. The Morgan fingerprint density at radius 3 is 2.36 bits per heavy atom. The normalized spacial score (nSPS) is 53.0. The molecule has 0 amide bonds. The van der Waals surface area contributed by atoms with Crippen molar-refractivity contribution in [3.8, 4) is 0 Å². The van der Waals surface area contributed by atoms with E-state index in [9.17, 15) is 0 Å². The quantitative estimate of drug-likeness (QED) is 0.522. The first-order valence-corrected chi connectivity index (χ1v) is 4.73. The fourth-order valence-electron chi connectivity index (χ4n) is 3.57. The highest BCUT2D eigenvalue weighted by Crippen LogP contribution is 2.50. The van der Waals surface area contributed by atoms with E-state index in [-0.39, 0.29) is 5.54 Å². The number of hydrogen-bond acceptors (Lipinski definition) is 1. The summed E-state index contributed by atoms with van der Waals surface area (Å²) in [5, 5.41) is 0. The fraction of sp³-hybridized carbons (Fsp3) is 0.800. The lowest BCUT2D eigenvalue weighted by Crippen LogP contribution is -2.50. The Morgan fingerprint density at radius 2 is 1.91 bits per heavy atom. The lowest BCUT2D eigenvalue weighted by molar-refractivity contribution is 0.144. The van der Waals surface area contributed by atoms with Crippen molar-refractivity contribution in [1.29, 1.82) is 0 Å². The Balaban J connectivity index is 2.08. The molecule has 4 aliphatic carbocycles. The smallest absolute Gasteiger partial charge is 0.0347 e. The van der Waals surface area contributed by atoms with Crippen LogP contribution in [0.4, 0.5) is 0 Å². The molecule has 4 aliphatic rings. The summed E-state index contributed by atoms with van der Waals surface area (Å²) in [7, 11) is 0. The second-order valence-electron chi connectivity index (χ2n) is 4.82. The van der Waals surface area contributed by atoms with Gasteiger partial charge in [0.1, 0.15) is 0 Å². The van der Waals surface area contributed by atoms with Crippen LogP contribution in [0.3, 0.4) is 0 Å². The van der Waals surface area contributed by atoms with Gasteiger partial charge in [0.25, 0.3) is 0 Å². The third-order valence-corrected chi connectivity index (χ3v) is 3.60. The summed E-state index contributed by atoms with van der Waals surface area (Å²) in [5.41, 5.74) is 8.06. The maximum absolute atomic E-state index is 6.24. The van der Waals surface area contributed by atoms with Crippen molar-refractivity contribution >= 4 is 0 Å². The Bertz CT molecular complexity index is 213. The monoisotopic (exact) mass is 149 g/mol. The van der Waals surface area contributed by atoms with Crippen molar-refractivity contribution in [1.82, 2.24) is 0 Å². The van der Waals surface area contributed by atoms with Crippen LogP contribution in [0.2, 0.25) is 0 Å². The molecule has 11 heavy (non-hydrogen) atoms. The average molecular weight is 149 g/mol. The molecule has 4 rings (SSSR count). The Hall–Kier alpha value is -0.300. The molecule has 2 fully saturated rings. The molecular weight excluding hydrogens is 134 g/mol. The minimum Gasteiger partial charge on any atom is -0.322 e. The van der Waals surface area contributed by atoms with Crippen LogP contribution in [-0.2, 0) is 0 Å². The Morgan fingerprint density at radius 1 is 1.27 bits per heavy atom. The molecule has 0 aromatic carbocycles. The molecule has 0 radical (unpaired) electrons. The van der Waals surface area contributed by atoms with E-state index in [1.165, 1.54) is 32.1 Å². The van der Waals surface area contributed by atoms with E-state index in [0.29, 0.717) is 0 Å². The van der Waals surface area contributed by atoms with E-state index >= 15 is 0 Å². The highest BCUT2D eigenvalue weighted by molar-refractivity contribution is 5.26. The molecule has 0 spiro atoms. The molecule has 0 aromatic heterocycles. The summed E-state index contributed by atoms with van der Waals surface area (Å²) in [5.74, 6) is 1.90. The standard InChI is InChI=1S/C10H15N/c11-10-4-7-1-8(5-10)3-9(2-7)6-10/h4,8-9H,1-3,5-6,11H2. The van der Waals surface area contributed by atoms with Gasteiger partial charge in [-0.3, -0.25) is 0 Å². The van der Waals surface area contributed by atoms with Crippen molar-refractivity contribution < 1.29 is 0 Å². The van der Waals surface area contributed by atoms with E-state index in [0.717, 1.165) is 11.8 Å². The second-order valence-corrected chi connectivity index (χ2v) is 4.82. The van der Waals surface area contributed by atoms with Crippen molar-refractivity contribution in [2.45, 2.75) is 37.6 Å². The van der Waals surface area contributed by atoms with Crippen LogP contribution < -0.4 is 5.73 Å². The zero-order valence-corrected chi connectivity index (χ0v) is 6.84. The predicted molar refractivity (Wildman–Crippen MR) is 45.1 cm³/mol. The van der Waals surface area contributed by atoms with Crippen molar-refractivity contribution in [2.75, 3.05) is 0 Å². The zero-order chi connectivity index (χ0) is 7.47. The van der Waals surface area contributed by atoms with Crippen LogP contribution >= 0.6 is 0 Å². The summed E-state index contributed by atoms with van der Waals surface area (Å²) in [6, 6.07) is 0. The number of allylic oxidation sites excluding steroid dienone is 1. The van der Waals surface area contributed by atoms with Gasteiger partial charge in [0, 0.05) is 5.54 Å². The summed E-state index contributed by atoms with van der Waals surface area (Å²) in [4.78, 5) is 0. The zero-order valence-electron chi connectivity index (χ0n) is 6.84. The minimum absolute atomic E-state index is 0.138. The van der Waals surface area contributed by atoms with Crippen LogP contribution in [0.15, 0.2) is 11.6 Å². The van der Waals surface area contributed by atoms with Crippen molar-refractivity contribution in [3.05, 3.63) is 11.6 Å². The van der Waals surface area contributed by atoms with E-state index in [4.69, 9.17) is 5.73 Å². The van der Waals surface area contributed by atoms with Gasteiger partial charge < -0.3 is 5.73 Å². The van der Waals surface area contributed by atoms with Crippen molar-refractivity contribution in [2.24, 2.45) is 17.6 Å². The van der Waals surface area contributed by atoms with Gasteiger partial charge in [-0.15, -0.1) is 0 Å². The van der Waals surface area contributed by atoms with Gasteiger partial charge in [0.05, 0.1) is 0 Å². The fourth-order valence-corrected chi connectivity index (χ4v) is 3.57. The molecule has 0 saturated heterocycles. The van der Waals surface area contributed by atoms with E-state index in [1.807, 2.05) is 0 Å². The molecule has 0 heterocycles. The Labute approximate surface area is 67.7 Å². The first-order valence-electron chi connectivity index (χ1n) is 4.73. The third kappa shape index (κ3) is 0.807. The van der Waals surface area contributed by atoms with Crippen LogP contribution in [0.1, 0.15) is 32.1 Å². The highest BCUT2D eigenvalue weighted by Gasteiger charge is 2.44. The number of hydrogen-bond donors (Lipinski definition) is 1. The van der Waals surface area contributed by atoms with Crippen LogP contribution in [0.5, 0.6) is 0 Å². The predicted octanol–water partition coefficient (Wildman–Crippen LogP) is 1.83. The third-order valence-electron chi connectivity index (χ3n) is 3.60. The van der Waals surface area contributed by atoms with E-state index in [2.05, 4.69) is 6.08 Å². The van der Waals surface area contributed by atoms with E-state index < -0.39 is 0 Å². The topological polar surface area (TPSA) is 26.0 Å². The molecule has 4 bridgehead atoms. The van der Waals surface area contributed by atoms with E-state index in [1.54, 1.807) is 5.57 Å². The summed E-state index contributed by atoms with van der Waals surface area (Å²) >= 11 is 0. The molecule has 2 saturated carbocycles. The van der Waals surface area contributed by atoms with Crippen molar-refractivity contribution in [3.63, 3.8) is 0 Å². The molecular formula is C10H15N. The lowest BCUT2D eigenvalue weighted by atomic mass is 9.58. The second kappa shape index (κ2) is 1.71. The molecule has 1 heteroatoms. The average Bonchev–Trinajstić information content (AvgIpc) is 1.79. The van der Waals surface area contributed by atoms with Crippen LogP contribution in [-0.4, -0.2) is 5.54 Å². The summed E-state index contributed by atoms with van der Waals surface area (Å²) < 4.78 is 0. The van der Waals surface area contributed by atoms with Gasteiger partial charge in [-0.05, 0) is 43.9 Å². The number of rotatable bonds is 0. The van der Waals surface area contributed by atoms with Gasteiger partial charge in [-0.2, -0.15) is 0 Å². The molecule has 2 N–H and O–H groups in total. The summed E-state index contributed by atoms with van der Waals surface area (Å²) in [6.45, 7) is 0. The van der Waals surface area contributed by atoms with Crippen LogP contribution in [0, 0.1) is 11.8 Å². The first kappa shape index (κ1) is 6.24. The molecule has 2 atom stereocenters.